The van der Waals surface area contributed by atoms with Crippen LogP contribution in [0.2, 0.25) is 0 Å². The number of nitrogens with one attached hydrogen (secondary N) is 1. The highest BCUT2D eigenvalue weighted by atomic mass is 16.5. The van der Waals surface area contributed by atoms with Gasteiger partial charge in [-0.1, -0.05) is 13.8 Å². The van der Waals surface area contributed by atoms with Gasteiger partial charge in [-0.05, 0) is 45.4 Å². The van der Waals surface area contributed by atoms with E-state index < -0.39 is 0 Å². The summed E-state index contributed by atoms with van der Waals surface area (Å²) >= 11 is 0. The van der Waals surface area contributed by atoms with Crippen LogP contribution in [0.5, 0.6) is 0 Å². The quantitative estimate of drug-likeness (QED) is 0.717. The molecule has 0 radical (unpaired) electrons. The summed E-state index contributed by atoms with van der Waals surface area (Å²) in [5.41, 5.74) is 2.27. The van der Waals surface area contributed by atoms with Crippen LogP contribution < -0.4 is 10.2 Å². The predicted molar refractivity (Wildman–Crippen MR) is 89.9 cm³/mol. The molecule has 0 spiro atoms. The second kappa shape index (κ2) is 9.74. The van der Waals surface area contributed by atoms with Gasteiger partial charge in [0, 0.05) is 25.7 Å². The van der Waals surface area contributed by atoms with Crippen LogP contribution in [0.1, 0.15) is 52.3 Å². The highest BCUT2D eigenvalue weighted by Crippen LogP contribution is 2.19. The van der Waals surface area contributed by atoms with Gasteiger partial charge in [0.1, 0.15) is 0 Å². The second-order valence-corrected chi connectivity index (χ2v) is 5.56. The van der Waals surface area contributed by atoms with E-state index in [1.54, 1.807) is 7.11 Å². The molecule has 1 rings (SSSR count). The first-order chi connectivity index (χ1) is 10.1. The summed E-state index contributed by atoms with van der Waals surface area (Å²) in [6.45, 7) is 11.5. The third kappa shape index (κ3) is 5.64. The van der Waals surface area contributed by atoms with Crippen LogP contribution in [0.4, 0.5) is 5.69 Å². The molecule has 0 bridgehead atoms. The van der Waals surface area contributed by atoms with Crippen LogP contribution in [0, 0.1) is 0 Å². The molecule has 0 saturated carbocycles. The lowest BCUT2D eigenvalue weighted by atomic mass is 10.1. The van der Waals surface area contributed by atoms with E-state index in [0.717, 1.165) is 38.2 Å². The molecule has 4 heteroatoms. The molecule has 2 atom stereocenters. The van der Waals surface area contributed by atoms with Gasteiger partial charge in [-0.2, -0.15) is 0 Å². The lowest BCUT2D eigenvalue weighted by molar-refractivity contribution is 0.203. The van der Waals surface area contributed by atoms with Gasteiger partial charge in [-0.15, -0.1) is 0 Å². The number of ether oxygens (including phenoxy) is 1. The van der Waals surface area contributed by atoms with Crippen molar-refractivity contribution in [2.24, 2.45) is 0 Å². The smallest absolute Gasteiger partial charge is 0.0637 e. The Morgan fingerprint density at radius 3 is 2.57 bits per heavy atom. The second-order valence-electron chi connectivity index (χ2n) is 5.56. The van der Waals surface area contributed by atoms with Crippen LogP contribution >= 0.6 is 0 Å². The average molecular weight is 293 g/mol. The molecule has 0 aliphatic heterocycles. The number of methoxy groups -OCH3 is 1. The number of hydrogen-bond donors (Lipinski definition) is 1. The van der Waals surface area contributed by atoms with Gasteiger partial charge in [0.05, 0.1) is 24.2 Å². The summed E-state index contributed by atoms with van der Waals surface area (Å²) in [5, 5.41) is 3.47. The van der Waals surface area contributed by atoms with Crippen molar-refractivity contribution < 1.29 is 4.74 Å². The van der Waals surface area contributed by atoms with E-state index in [4.69, 9.17) is 4.74 Å². The first kappa shape index (κ1) is 17.9. The monoisotopic (exact) mass is 293 g/mol. The lowest BCUT2D eigenvalue weighted by Crippen LogP contribution is -2.35. The summed E-state index contributed by atoms with van der Waals surface area (Å²) in [5.74, 6) is 0. The molecule has 1 aromatic heterocycles. The largest absolute Gasteiger partial charge is 0.383 e. The predicted octanol–water partition coefficient (Wildman–Crippen LogP) is 3.39. The van der Waals surface area contributed by atoms with E-state index in [1.807, 2.05) is 6.20 Å². The summed E-state index contributed by atoms with van der Waals surface area (Å²) < 4.78 is 5.22. The molecule has 0 saturated heterocycles. The zero-order chi connectivity index (χ0) is 15.7. The lowest BCUT2D eigenvalue weighted by Gasteiger charge is -2.30. The SMILES string of the molecule is CCCNC(C)c1ccc(N(CCOC)C(C)CC)cn1. The van der Waals surface area contributed by atoms with Gasteiger partial charge in [0.25, 0.3) is 0 Å². The third-order valence-corrected chi connectivity index (χ3v) is 3.91. The molecule has 2 unspecified atom stereocenters. The molecule has 120 valence electrons. The summed E-state index contributed by atoms with van der Waals surface area (Å²) in [6.07, 6.45) is 4.24. The topological polar surface area (TPSA) is 37.4 Å². The van der Waals surface area contributed by atoms with Crippen molar-refractivity contribution in [1.82, 2.24) is 10.3 Å². The number of pyridine rings is 1. The first-order valence-corrected chi connectivity index (χ1v) is 8.08. The highest BCUT2D eigenvalue weighted by molar-refractivity contribution is 5.45. The van der Waals surface area contributed by atoms with Crippen LogP contribution in [0.3, 0.4) is 0 Å². The molecular formula is C17H31N3O. The van der Waals surface area contributed by atoms with Crippen molar-refractivity contribution in [3.63, 3.8) is 0 Å². The normalized spacial score (nSPS) is 14.0. The van der Waals surface area contributed by atoms with E-state index in [2.05, 4.69) is 55.0 Å². The van der Waals surface area contributed by atoms with Crippen molar-refractivity contribution in [3.05, 3.63) is 24.0 Å². The van der Waals surface area contributed by atoms with Gasteiger partial charge in [0.2, 0.25) is 0 Å². The van der Waals surface area contributed by atoms with Crippen LogP contribution in [-0.4, -0.2) is 37.8 Å². The first-order valence-electron chi connectivity index (χ1n) is 8.08. The molecular weight excluding hydrogens is 262 g/mol. The highest BCUT2D eigenvalue weighted by Gasteiger charge is 2.14. The number of anilines is 1. The van der Waals surface area contributed by atoms with E-state index >= 15 is 0 Å². The Morgan fingerprint density at radius 2 is 2.05 bits per heavy atom. The van der Waals surface area contributed by atoms with Gasteiger partial charge < -0.3 is 15.0 Å². The van der Waals surface area contributed by atoms with Crippen molar-refractivity contribution in [2.45, 2.75) is 52.6 Å². The number of rotatable bonds is 10. The number of nitrogens with zero attached hydrogens (tertiary/aromatic N) is 2. The zero-order valence-electron chi connectivity index (χ0n) is 14.2. The Bertz CT molecular complexity index is 380. The molecule has 1 N–H and O–H groups in total. The van der Waals surface area contributed by atoms with Crippen LogP contribution in [0.15, 0.2) is 18.3 Å². The van der Waals surface area contributed by atoms with E-state index in [0.29, 0.717) is 12.1 Å². The Morgan fingerprint density at radius 1 is 1.29 bits per heavy atom. The minimum absolute atomic E-state index is 0.301. The standard InChI is InChI=1S/C17H31N3O/c1-6-10-18-15(4)17-9-8-16(13-19-17)20(11-12-21-5)14(3)7-2/h8-9,13-15,18H,6-7,10-12H2,1-5H3. The number of hydrogen-bond acceptors (Lipinski definition) is 4. The molecule has 4 nitrogen and oxygen atoms in total. The van der Waals surface area contributed by atoms with Crippen molar-refractivity contribution in [3.8, 4) is 0 Å². The Labute approximate surface area is 129 Å². The molecule has 0 aliphatic rings. The van der Waals surface area contributed by atoms with Crippen molar-refractivity contribution in [2.75, 3.05) is 31.7 Å². The van der Waals surface area contributed by atoms with Crippen molar-refractivity contribution >= 4 is 5.69 Å². The van der Waals surface area contributed by atoms with Crippen LogP contribution in [-0.2, 0) is 4.74 Å². The molecule has 0 amide bonds. The third-order valence-electron chi connectivity index (χ3n) is 3.91. The minimum Gasteiger partial charge on any atom is -0.383 e. The van der Waals surface area contributed by atoms with Crippen LogP contribution in [0.25, 0.3) is 0 Å². The Balaban J connectivity index is 2.76. The summed E-state index contributed by atoms with van der Waals surface area (Å²) in [7, 11) is 1.75. The molecule has 0 aromatic carbocycles. The van der Waals surface area contributed by atoms with E-state index in [-0.39, 0.29) is 0 Å². The molecule has 0 fully saturated rings. The summed E-state index contributed by atoms with van der Waals surface area (Å²) in [4.78, 5) is 7.00. The van der Waals surface area contributed by atoms with E-state index in [1.165, 1.54) is 5.69 Å². The van der Waals surface area contributed by atoms with Gasteiger partial charge in [0.15, 0.2) is 0 Å². The minimum atomic E-state index is 0.301. The zero-order valence-corrected chi connectivity index (χ0v) is 14.2. The molecule has 1 heterocycles. The molecule has 1 aromatic rings. The van der Waals surface area contributed by atoms with Gasteiger partial charge in [-0.25, -0.2) is 0 Å². The summed E-state index contributed by atoms with van der Waals surface area (Å²) in [6, 6.07) is 5.09. The molecule has 21 heavy (non-hydrogen) atoms. The Hall–Kier alpha value is -1.13. The maximum Gasteiger partial charge on any atom is 0.0637 e. The number of aromatic nitrogens is 1. The van der Waals surface area contributed by atoms with Crippen molar-refractivity contribution in [1.29, 1.82) is 0 Å². The Kier molecular flexibility index (Phi) is 8.31. The fourth-order valence-electron chi connectivity index (χ4n) is 2.30. The van der Waals surface area contributed by atoms with Gasteiger partial charge in [-0.3, -0.25) is 4.98 Å². The van der Waals surface area contributed by atoms with E-state index in [9.17, 15) is 0 Å². The maximum atomic E-state index is 5.22. The fraction of sp³-hybridized carbons (Fsp3) is 0.706. The maximum absolute atomic E-state index is 5.22. The molecule has 0 aliphatic carbocycles. The fourth-order valence-corrected chi connectivity index (χ4v) is 2.30. The average Bonchev–Trinajstić information content (AvgIpc) is 2.53. The van der Waals surface area contributed by atoms with Gasteiger partial charge >= 0.3 is 0 Å².